The SMILES string of the molecule is CC(C)CCOc1cnc(CN)cn1. The summed E-state index contributed by atoms with van der Waals surface area (Å²) < 4.78 is 5.40. The van der Waals surface area contributed by atoms with E-state index in [9.17, 15) is 0 Å². The first-order valence-corrected chi connectivity index (χ1v) is 4.86. The summed E-state index contributed by atoms with van der Waals surface area (Å²) in [5.74, 6) is 1.22. The van der Waals surface area contributed by atoms with E-state index >= 15 is 0 Å². The van der Waals surface area contributed by atoms with Crippen molar-refractivity contribution >= 4 is 0 Å². The molecule has 1 heterocycles. The third-order valence-electron chi connectivity index (χ3n) is 1.84. The van der Waals surface area contributed by atoms with Crippen molar-refractivity contribution in [2.75, 3.05) is 6.61 Å². The normalized spacial score (nSPS) is 10.6. The Bertz CT molecular complexity index is 259. The number of ether oxygens (including phenoxy) is 1. The van der Waals surface area contributed by atoms with E-state index in [1.165, 1.54) is 0 Å². The predicted molar refractivity (Wildman–Crippen MR) is 54.9 cm³/mol. The summed E-state index contributed by atoms with van der Waals surface area (Å²) in [4.78, 5) is 8.16. The molecule has 0 aliphatic carbocycles. The van der Waals surface area contributed by atoms with E-state index in [1.807, 2.05) is 0 Å². The highest BCUT2D eigenvalue weighted by atomic mass is 16.5. The van der Waals surface area contributed by atoms with Crippen LogP contribution in [-0.2, 0) is 6.54 Å². The molecule has 0 fully saturated rings. The van der Waals surface area contributed by atoms with Crippen LogP contribution in [0, 0.1) is 5.92 Å². The number of nitrogens with two attached hydrogens (primary N) is 1. The maximum atomic E-state index is 5.40. The molecular formula is C10H17N3O. The van der Waals surface area contributed by atoms with E-state index < -0.39 is 0 Å². The molecule has 0 radical (unpaired) electrons. The second-order valence-electron chi connectivity index (χ2n) is 3.58. The van der Waals surface area contributed by atoms with Crippen LogP contribution >= 0.6 is 0 Å². The average molecular weight is 195 g/mol. The van der Waals surface area contributed by atoms with Gasteiger partial charge in [-0.05, 0) is 12.3 Å². The van der Waals surface area contributed by atoms with Gasteiger partial charge in [0.1, 0.15) is 0 Å². The van der Waals surface area contributed by atoms with Gasteiger partial charge in [-0.1, -0.05) is 13.8 Å². The smallest absolute Gasteiger partial charge is 0.232 e. The highest BCUT2D eigenvalue weighted by molar-refractivity contribution is 5.06. The van der Waals surface area contributed by atoms with Crippen molar-refractivity contribution in [1.82, 2.24) is 9.97 Å². The molecule has 0 spiro atoms. The summed E-state index contributed by atoms with van der Waals surface area (Å²) in [6, 6.07) is 0. The molecule has 1 rings (SSSR count). The summed E-state index contributed by atoms with van der Waals surface area (Å²) >= 11 is 0. The molecule has 0 aliphatic rings. The number of rotatable bonds is 5. The van der Waals surface area contributed by atoms with Crippen LogP contribution in [0.25, 0.3) is 0 Å². The summed E-state index contributed by atoms with van der Waals surface area (Å²) in [5.41, 5.74) is 6.18. The minimum atomic E-state index is 0.416. The Morgan fingerprint density at radius 1 is 1.36 bits per heavy atom. The van der Waals surface area contributed by atoms with Gasteiger partial charge in [0.05, 0.1) is 24.7 Å². The average Bonchev–Trinajstić information content (AvgIpc) is 2.18. The Labute approximate surface area is 84.5 Å². The molecule has 78 valence electrons. The monoisotopic (exact) mass is 195 g/mol. The Hall–Kier alpha value is -1.16. The molecule has 0 unspecified atom stereocenters. The molecule has 1 aromatic rings. The van der Waals surface area contributed by atoms with Crippen LogP contribution in [0.5, 0.6) is 5.88 Å². The maximum absolute atomic E-state index is 5.40. The molecule has 0 aliphatic heterocycles. The summed E-state index contributed by atoms with van der Waals surface area (Å²) in [6.45, 7) is 5.42. The van der Waals surface area contributed by atoms with E-state index in [-0.39, 0.29) is 0 Å². The fourth-order valence-electron chi connectivity index (χ4n) is 0.922. The van der Waals surface area contributed by atoms with Gasteiger partial charge in [0.2, 0.25) is 5.88 Å². The third kappa shape index (κ3) is 3.70. The first-order chi connectivity index (χ1) is 6.72. The van der Waals surface area contributed by atoms with E-state index in [0.29, 0.717) is 24.9 Å². The van der Waals surface area contributed by atoms with Gasteiger partial charge in [0.25, 0.3) is 0 Å². The van der Waals surface area contributed by atoms with Crippen molar-refractivity contribution in [3.05, 3.63) is 18.1 Å². The zero-order valence-electron chi connectivity index (χ0n) is 8.73. The molecule has 0 saturated heterocycles. The lowest BCUT2D eigenvalue weighted by atomic mass is 10.1. The Morgan fingerprint density at radius 2 is 2.14 bits per heavy atom. The molecule has 0 atom stereocenters. The third-order valence-corrected chi connectivity index (χ3v) is 1.84. The summed E-state index contributed by atoms with van der Waals surface area (Å²) in [7, 11) is 0. The van der Waals surface area contributed by atoms with Crippen LogP contribution in [0.3, 0.4) is 0 Å². The van der Waals surface area contributed by atoms with E-state index in [2.05, 4.69) is 23.8 Å². The van der Waals surface area contributed by atoms with Crippen LogP contribution in [-0.4, -0.2) is 16.6 Å². The lowest BCUT2D eigenvalue weighted by molar-refractivity contribution is 0.278. The van der Waals surface area contributed by atoms with Gasteiger partial charge in [-0.3, -0.25) is 4.98 Å². The van der Waals surface area contributed by atoms with Crippen molar-refractivity contribution in [3.8, 4) is 5.88 Å². The zero-order valence-corrected chi connectivity index (χ0v) is 8.73. The Morgan fingerprint density at radius 3 is 2.64 bits per heavy atom. The van der Waals surface area contributed by atoms with Gasteiger partial charge in [-0.25, -0.2) is 4.98 Å². The molecular weight excluding hydrogens is 178 g/mol. The van der Waals surface area contributed by atoms with Crippen LogP contribution in [0.2, 0.25) is 0 Å². The van der Waals surface area contributed by atoms with Crippen molar-refractivity contribution in [2.45, 2.75) is 26.8 Å². The highest BCUT2D eigenvalue weighted by Gasteiger charge is 1.98. The zero-order chi connectivity index (χ0) is 10.4. The van der Waals surface area contributed by atoms with Gasteiger partial charge >= 0.3 is 0 Å². The number of aromatic nitrogens is 2. The standard InChI is InChI=1S/C10H17N3O/c1-8(2)3-4-14-10-7-12-9(5-11)6-13-10/h6-8H,3-5,11H2,1-2H3. The molecule has 0 saturated carbocycles. The van der Waals surface area contributed by atoms with Crippen LogP contribution in [0.1, 0.15) is 26.0 Å². The van der Waals surface area contributed by atoms with Crippen LogP contribution in [0.15, 0.2) is 12.4 Å². The molecule has 0 aromatic carbocycles. The first kappa shape index (κ1) is 10.9. The second-order valence-corrected chi connectivity index (χ2v) is 3.58. The lowest BCUT2D eigenvalue weighted by Gasteiger charge is -2.06. The van der Waals surface area contributed by atoms with E-state index in [4.69, 9.17) is 10.5 Å². The molecule has 2 N–H and O–H groups in total. The first-order valence-electron chi connectivity index (χ1n) is 4.86. The van der Waals surface area contributed by atoms with Gasteiger partial charge in [0, 0.05) is 6.54 Å². The van der Waals surface area contributed by atoms with E-state index in [0.717, 1.165) is 12.1 Å². The molecule has 14 heavy (non-hydrogen) atoms. The van der Waals surface area contributed by atoms with Crippen molar-refractivity contribution in [1.29, 1.82) is 0 Å². The Balaban J connectivity index is 2.36. The minimum absolute atomic E-state index is 0.416. The Kier molecular flexibility index (Phi) is 4.32. The predicted octanol–water partition coefficient (Wildman–Crippen LogP) is 1.36. The van der Waals surface area contributed by atoms with Crippen molar-refractivity contribution < 1.29 is 4.74 Å². The van der Waals surface area contributed by atoms with Crippen LogP contribution in [0.4, 0.5) is 0 Å². The lowest BCUT2D eigenvalue weighted by Crippen LogP contribution is -2.05. The topological polar surface area (TPSA) is 61.0 Å². The molecule has 0 amide bonds. The van der Waals surface area contributed by atoms with Crippen LogP contribution < -0.4 is 10.5 Å². The van der Waals surface area contributed by atoms with Gasteiger partial charge in [-0.2, -0.15) is 0 Å². The summed E-state index contributed by atoms with van der Waals surface area (Å²) in [5, 5.41) is 0. The minimum Gasteiger partial charge on any atom is -0.477 e. The highest BCUT2D eigenvalue weighted by Crippen LogP contribution is 2.06. The van der Waals surface area contributed by atoms with Crippen molar-refractivity contribution in [2.24, 2.45) is 11.7 Å². The number of nitrogens with zero attached hydrogens (tertiary/aromatic N) is 2. The molecule has 1 aromatic heterocycles. The number of hydrogen-bond donors (Lipinski definition) is 1. The summed E-state index contributed by atoms with van der Waals surface area (Å²) in [6.07, 6.45) is 4.29. The van der Waals surface area contributed by atoms with E-state index in [1.54, 1.807) is 12.4 Å². The quantitative estimate of drug-likeness (QED) is 0.770. The van der Waals surface area contributed by atoms with Gasteiger partial charge in [-0.15, -0.1) is 0 Å². The van der Waals surface area contributed by atoms with Gasteiger partial charge in [0.15, 0.2) is 0 Å². The maximum Gasteiger partial charge on any atom is 0.232 e. The molecule has 4 nitrogen and oxygen atoms in total. The molecule has 0 bridgehead atoms. The fraction of sp³-hybridized carbons (Fsp3) is 0.600. The number of hydrogen-bond acceptors (Lipinski definition) is 4. The molecule has 4 heteroatoms. The van der Waals surface area contributed by atoms with Gasteiger partial charge < -0.3 is 10.5 Å². The largest absolute Gasteiger partial charge is 0.477 e. The second kappa shape index (κ2) is 5.54. The fourth-order valence-corrected chi connectivity index (χ4v) is 0.922. The van der Waals surface area contributed by atoms with Crippen molar-refractivity contribution in [3.63, 3.8) is 0 Å².